The zero-order valence-electron chi connectivity index (χ0n) is 11.8. The predicted octanol–water partition coefficient (Wildman–Crippen LogP) is 3.16. The Morgan fingerprint density at radius 1 is 1.38 bits per heavy atom. The molecule has 7 heteroatoms. The van der Waals surface area contributed by atoms with Crippen molar-refractivity contribution in [2.24, 2.45) is 5.92 Å². The summed E-state index contributed by atoms with van der Waals surface area (Å²) in [6.45, 7) is 3.88. The van der Waals surface area contributed by atoms with Crippen molar-refractivity contribution in [1.29, 1.82) is 0 Å². The number of carboxylic acids is 1. The molecule has 5 nitrogen and oxygen atoms in total. The molecule has 0 radical (unpaired) electrons. The van der Waals surface area contributed by atoms with Crippen molar-refractivity contribution < 1.29 is 19.4 Å². The van der Waals surface area contributed by atoms with Crippen molar-refractivity contribution in [2.75, 3.05) is 19.7 Å². The molecule has 0 aliphatic heterocycles. The highest BCUT2D eigenvalue weighted by Crippen LogP contribution is 2.28. The number of rotatable bonds is 7. The highest BCUT2D eigenvalue weighted by molar-refractivity contribution is 9.11. The van der Waals surface area contributed by atoms with Crippen molar-refractivity contribution in [3.8, 4) is 5.75 Å². The van der Waals surface area contributed by atoms with Crippen LogP contribution >= 0.6 is 31.9 Å². The molecule has 0 saturated heterocycles. The summed E-state index contributed by atoms with van der Waals surface area (Å²) in [6.07, 6.45) is 0. The SMILES string of the molecule is CCN(CC(C)C(=O)O)C(=O)COc1ccc(Br)cc1Br. The molecule has 1 amide bonds. The summed E-state index contributed by atoms with van der Waals surface area (Å²) in [5.74, 6) is -1.19. The number of nitrogens with zero attached hydrogens (tertiary/aromatic N) is 1. The number of ether oxygens (including phenoxy) is 1. The minimum absolute atomic E-state index is 0.125. The molecule has 0 bridgehead atoms. The molecule has 1 atom stereocenters. The van der Waals surface area contributed by atoms with Crippen LogP contribution in [0.5, 0.6) is 5.75 Å². The van der Waals surface area contributed by atoms with Gasteiger partial charge in [0.15, 0.2) is 6.61 Å². The minimum Gasteiger partial charge on any atom is -0.483 e. The van der Waals surface area contributed by atoms with Crippen molar-refractivity contribution in [2.45, 2.75) is 13.8 Å². The first-order valence-electron chi connectivity index (χ1n) is 6.43. The third-order valence-electron chi connectivity index (χ3n) is 2.90. The van der Waals surface area contributed by atoms with Crippen LogP contribution < -0.4 is 4.74 Å². The first-order chi connectivity index (χ1) is 9.85. The van der Waals surface area contributed by atoms with Gasteiger partial charge in [0, 0.05) is 17.6 Å². The molecule has 1 unspecified atom stereocenters. The molecule has 0 spiro atoms. The largest absolute Gasteiger partial charge is 0.483 e. The number of carbonyl (C=O) groups excluding carboxylic acids is 1. The fourth-order valence-electron chi connectivity index (χ4n) is 1.64. The van der Waals surface area contributed by atoms with Gasteiger partial charge in [0.25, 0.3) is 5.91 Å². The Bertz CT molecular complexity index is 522. The van der Waals surface area contributed by atoms with E-state index in [-0.39, 0.29) is 19.1 Å². The number of benzene rings is 1. The van der Waals surface area contributed by atoms with Gasteiger partial charge < -0.3 is 14.7 Å². The molecule has 0 aliphatic rings. The van der Waals surface area contributed by atoms with Crippen molar-refractivity contribution >= 4 is 43.7 Å². The molecule has 0 fully saturated rings. The molecule has 0 aliphatic carbocycles. The minimum atomic E-state index is -0.919. The van der Waals surface area contributed by atoms with E-state index in [0.29, 0.717) is 12.3 Å². The number of aliphatic carboxylic acids is 1. The topological polar surface area (TPSA) is 66.8 Å². The van der Waals surface area contributed by atoms with Crippen molar-refractivity contribution in [3.05, 3.63) is 27.1 Å². The van der Waals surface area contributed by atoms with Crippen molar-refractivity contribution in [1.82, 2.24) is 4.90 Å². The highest BCUT2D eigenvalue weighted by atomic mass is 79.9. The van der Waals surface area contributed by atoms with Crippen LogP contribution in [0.3, 0.4) is 0 Å². The van der Waals surface area contributed by atoms with Crippen LogP contribution in [0.25, 0.3) is 0 Å². The Morgan fingerprint density at radius 2 is 2.05 bits per heavy atom. The Hall–Kier alpha value is -1.08. The second-order valence-electron chi connectivity index (χ2n) is 4.54. The maximum Gasteiger partial charge on any atom is 0.308 e. The van der Waals surface area contributed by atoms with Gasteiger partial charge in [0.05, 0.1) is 10.4 Å². The molecule has 1 aromatic rings. The maximum absolute atomic E-state index is 12.1. The summed E-state index contributed by atoms with van der Waals surface area (Å²) < 4.78 is 7.12. The van der Waals surface area contributed by atoms with Crippen LogP contribution in [0.2, 0.25) is 0 Å². The third kappa shape index (κ3) is 5.67. The molecular weight excluding hydrogens is 406 g/mol. The van der Waals surface area contributed by atoms with Crippen LogP contribution in [0, 0.1) is 5.92 Å². The summed E-state index contributed by atoms with van der Waals surface area (Å²) in [6, 6.07) is 5.39. The van der Waals surface area contributed by atoms with E-state index in [1.165, 1.54) is 4.90 Å². The van der Waals surface area contributed by atoms with Gasteiger partial charge in [-0.1, -0.05) is 22.9 Å². The number of halogens is 2. The van der Waals surface area contributed by atoms with Gasteiger partial charge in [-0.2, -0.15) is 0 Å². The van der Waals surface area contributed by atoms with Gasteiger partial charge in [-0.25, -0.2) is 0 Å². The molecule has 0 heterocycles. The van der Waals surface area contributed by atoms with Gasteiger partial charge in [0.1, 0.15) is 5.75 Å². The lowest BCUT2D eigenvalue weighted by molar-refractivity contribution is -0.143. The van der Waals surface area contributed by atoms with Crippen LogP contribution in [-0.2, 0) is 9.59 Å². The second-order valence-corrected chi connectivity index (χ2v) is 6.31. The van der Waals surface area contributed by atoms with Crippen LogP contribution in [0.15, 0.2) is 27.1 Å². The summed E-state index contributed by atoms with van der Waals surface area (Å²) in [5, 5.41) is 8.90. The standard InChI is InChI=1S/C14H17Br2NO4/c1-3-17(7-9(2)14(19)20)13(18)8-21-12-5-4-10(15)6-11(12)16/h4-6,9H,3,7-8H2,1-2H3,(H,19,20). The summed E-state index contributed by atoms with van der Waals surface area (Å²) in [4.78, 5) is 24.4. The van der Waals surface area contributed by atoms with E-state index in [9.17, 15) is 9.59 Å². The molecule has 0 aromatic heterocycles. The first-order valence-corrected chi connectivity index (χ1v) is 8.02. The predicted molar refractivity (Wildman–Crippen MR) is 86.4 cm³/mol. The molecule has 116 valence electrons. The van der Waals surface area contributed by atoms with Gasteiger partial charge in [-0.3, -0.25) is 9.59 Å². The van der Waals surface area contributed by atoms with Crippen LogP contribution in [-0.4, -0.2) is 41.6 Å². The van der Waals surface area contributed by atoms with Crippen LogP contribution in [0.1, 0.15) is 13.8 Å². The van der Waals surface area contributed by atoms with Gasteiger partial charge in [-0.05, 0) is 41.1 Å². The first kappa shape index (κ1) is 18.0. The van der Waals surface area contributed by atoms with Crippen molar-refractivity contribution in [3.63, 3.8) is 0 Å². The number of carboxylic acid groups (broad SMARTS) is 1. The van der Waals surface area contributed by atoms with Gasteiger partial charge >= 0.3 is 5.97 Å². The summed E-state index contributed by atoms with van der Waals surface area (Å²) in [7, 11) is 0. The van der Waals surface area contributed by atoms with E-state index >= 15 is 0 Å². The maximum atomic E-state index is 12.1. The fourth-order valence-corrected chi connectivity index (χ4v) is 2.80. The molecule has 1 rings (SSSR count). The van der Waals surface area contributed by atoms with E-state index in [2.05, 4.69) is 31.9 Å². The average Bonchev–Trinajstić information content (AvgIpc) is 2.43. The fraction of sp³-hybridized carbons (Fsp3) is 0.429. The monoisotopic (exact) mass is 421 g/mol. The zero-order valence-corrected chi connectivity index (χ0v) is 15.0. The Balaban J connectivity index is 2.60. The Labute approximate surface area is 140 Å². The number of amides is 1. The summed E-state index contributed by atoms with van der Waals surface area (Å²) >= 11 is 6.69. The van der Waals surface area contributed by atoms with E-state index < -0.39 is 11.9 Å². The molecule has 1 N–H and O–H groups in total. The Morgan fingerprint density at radius 3 is 2.57 bits per heavy atom. The smallest absolute Gasteiger partial charge is 0.308 e. The zero-order chi connectivity index (χ0) is 16.0. The number of hydrogen-bond acceptors (Lipinski definition) is 3. The van der Waals surface area contributed by atoms with E-state index in [1.807, 2.05) is 19.1 Å². The molecular formula is C14H17Br2NO4. The van der Waals surface area contributed by atoms with E-state index in [4.69, 9.17) is 9.84 Å². The molecule has 0 saturated carbocycles. The lowest BCUT2D eigenvalue weighted by Crippen LogP contribution is -2.39. The average molecular weight is 423 g/mol. The van der Waals surface area contributed by atoms with Gasteiger partial charge in [-0.15, -0.1) is 0 Å². The number of carbonyl (C=O) groups is 2. The third-order valence-corrected chi connectivity index (χ3v) is 4.01. The van der Waals surface area contributed by atoms with E-state index in [0.717, 1.165) is 8.95 Å². The lowest BCUT2D eigenvalue weighted by atomic mass is 10.1. The molecule has 21 heavy (non-hydrogen) atoms. The normalized spacial score (nSPS) is 11.8. The van der Waals surface area contributed by atoms with E-state index in [1.54, 1.807) is 13.0 Å². The summed E-state index contributed by atoms with van der Waals surface area (Å²) in [5.41, 5.74) is 0. The highest BCUT2D eigenvalue weighted by Gasteiger charge is 2.19. The quantitative estimate of drug-likeness (QED) is 0.732. The second kappa shape index (κ2) is 8.38. The number of likely N-dealkylation sites (N-methyl/N-ethyl adjacent to an activating group) is 1. The molecule has 1 aromatic carbocycles. The lowest BCUT2D eigenvalue weighted by Gasteiger charge is -2.23. The number of hydrogen-bond donors (Lipinski definition) is 1. The van der Waals surface area contributed by atoms with Gasteiger partial charge in [0.2, 0.25) is 0 Å². The Kier molecular flexibility index (Phi) is 7.17. The van der Waals surface area contributed by atoms with Crippen LogP contribution in [0.4, 0.5) is 0 Å².